The largest absolute Gasteiger partial charge is 0.484 e. The summed E-state index contributed by atoms with van der Waals surface area (Å²) in [5, 5.41) is 4.17. The van der Waals surface area contributed by atoms with Crippen molar-refractivity contribution in [2.75, 3.05) is 4.90 Å². The van der Waals surface area contributed by atoms with Crippen molar-refractivity contribution in [1.82, 2.24) is 10.1 Å². The van der Waals surface area contributed by atoms with Crippen molar-refractivity contribution >= 4 is 23.4 Å². The van der Waals surface area contributed by atoms with Gasteiger partial charge in [0.25, 0.3) is 11.8 Å². The second kappa shape index (κ2) is 8.99. The van der Waals surface area contributed by atoms with E-state index < -0.39 is 0 Å². The number of nitrogens with zero attached hydrogens (tertiary/aromatic N) is 3. The third kappa shape index (κ3) is 3.96. The third-order valence-corrected chi connectivity index (χ3v) is 7.42. The van der Waals surface area contributed by atoms with Crippen LogP contribution in [0.25, 0.3) is 11.4 Å². The lowest BCUT2D eigenvalue weighted by atomic mass is 10.1. The summed E-state index contributed by atoms with van der Waals surface area (Å²) in [5.41, 5.74) is 2.56. The van der Waals surface area contributed by atoms with E-state index in [0.29, 0.717) is 11.7 Å². The summed E-state index contributed by atoms with van der Waals surface area (Å²) < 4.78 is 11.2. The second-order valence-electron chi connectivity index (χ2n) is 8.51. The molecule has 0 atom stereocenters. The molecule has 0 saturated heterocycles. The van der Waals surface area contributed by atoms with E-state index in [-0.39, 0.29) is 18.6 Å². The quantitative estimate of drug-likeness (QED) is 0.338. The number of aromatic nitrogens is 2. The number of carbonyl (C=O) groups excluding carboxylic acids is 1. The minimum absolute atomic E-state index is 0.0846. The summed E-state index contributed by atoms with van der Waals surface area (Å²) in [6.07, 6.45) is 4.39. The maximum Gasteiger partial charge on any atom is 0.264 e. The van der Waals surface area contributed by atoms with Gasteiger partial charge in [0.1, 0.15) is 5.75 Å². The topological polar surface area (TPSA) is 68.5 Å². The highest BCUT2D eigenvalue weighted by molar-refractivity contribution is 7.99. The maximum absolute atomic E-state index is 13.6. The Kier molecular flexibility index (Phi) is 5.55. The van der Waals surface area contributed by atoms with Crippen molar-refractivity contribution < 1.29 is 14.1 Å². The fourth-order valence-electron chi connectivity index (χ4n) is 4.64. The van der Waals surface area contributed by atoms with E-state index in [9.17, 15) is 4.79 Å². The molecule has 0 N–H and O–H groups in total. The molecular formula is C27H23N3O3S. The predicted molar refractivity (Wildman–Crippen MR) is 130 cm³/mol. The number of hydrogen-bond acceptors (Lipinski definition) is 6. The number of amides is 1. The van der Waals surface area contributed by atoms with Crippen molar-refractivity contribution in [3.8, 4) is 17.1 Å². The Hall–Kier alpha value is -3.58. The third-order valence-electron chi connectivity index (χ3n) is 6.30. The van der Waals surface area contributed by atoms with E-state index >= 15 is 0 Å². The molecule has 2 aliphatic rings. The molecule has 0 unspecified atom stereocenters. The van der Waals surface area contributed by atoms with Gasteiger partial charge in [0.2, 0.25) is 5.82 Å². The van der Waals surface area contributed by atoms with Crippen molar-refractivity contribution in [3.05, 3.63) is 84.3 Å². The van der Waals surface area contributed by atoms with Gasteiger partial charge < -0.3 is 14.2 Å². The Morgan fingerprint density at radius 1 is 0.971 bits per heavy atom. The molecule has 3 aromatic carbocycles. The lowest BCUT2D eigenvalue weighted by molar-refractivity contribution is 0.0974. The lowest BCUT2D eigenvalue weighted by Crippen LogP contribution is -2.39. The number of rotatable bonds is 5. The summed E-state index contributed by atoms with van der Waals surface area (Å²) in [5.74, 6) is 1.75. The molecule has 170 valence electrons. The van der Waals surface area contributed by atoms with Crippen LogP contribution in [0.1, 0.15) is 41.9 Å². The molecule has 4 aromatic rings. The normalized spacial score (nSPS) is 15.6. The fraction of sp³-hybridized carbons (Fsp3) is 0.222. The van der Waals surface area contributed by atoms with Crippen LogP contribution < -0.4 is 9.64 Å². The second-order valence-corrected chi connectivity index (χ2v) is 9.59. The zero-order valence-corrected chi connectivity index (χ0v) is 19.3. The summed E-state index contributed by atoms with van der Waals surface area (Å²) in [6.45, 7) is 0.202. The van der Waals surface area contributed by atoms with Crippen LogP contribution in [0.3, 0.4) is 0 Å². The molecule has 0 spiro atoms. The van der Waals surface area contributed by atoms with Gasteiger partial charge in [-0.05, 0) is 55.3 Å². The van der Waals surface area contributed by atoms with Gasteiger partial charge in [0.15, 0.2) is 6.61 Å². The van der Waals surface area contributed by atoms with Crippen LogP contribution in [0.15, 0.2) is 87.1 Å². The molecule has 6 rings (SSSR count). The number of ether oxygens (including phenoxy) is 1. The van der Waals surface area contributed by atoms with Gasteiger partial charge >= 0.3 is 0 Å². The maximum atomic E-state index is 13.6. The summed E-state index contributed by atoms with van der Waals surface area (Å²) in [4.78, 5) is 22.1. The van der Waals surface area contributed by atoms with Crippen LogP contribution in [-0.4, -0.2) is 22.1 Å². The minimum Gasteiger partial charge on any atom is -0.484 e. The average molecular weight is 470 g/mol. The molecule has 2 heterocycles. The molecule has 7 heteroatoms. The van der Waals surface area contributed by atoms with Gasteiger partial charge in [-0.1, -0.05) is 60.1 Å². The summed E-state index contributed by atoms with van der Waals surface area (Å²) in [6, 6.07) is 23.7. The smallest absolute Gasteiger partial charge is 0.264 e. The first-order valence-corrected chi connectivity index (χ1v) is 12.3. The standard InChI is InChI=1S/C27H23N3O3S/c31-27-21-12-6-7-13-23(21)34-24-16-18(14-15-22(24)30(27)19-8-4-5-9-19)26-28-25(33-29-26)17-32-20-10-2-1-3-11-20/h1-3,6-7,10-16,19H,4-5,8-9,17H2. The number of carbonyl (C=O) groups is 1. The van der Waals surface area contributed by atoms with E-state index in [1.165, 1.54) is 0 Å². The van der Waals surface area contributed by atoms with Crippen molar-refractivity contribution in [2.24, 2.45) is 0 Å². The Morgan fingerprint density at radius 3 is 2.62 bits per heavy atom. The van der Waals surface area contributed by atoms with Crippen LogP contribution in [0, 0.1) is 0 Å². The molecule has 1 aromatic heterocycles. The molecule has 1 aliphatic heterocycles. The zero-order chi connectivity index (χ0) is 22.9. The molecule has 0 bridgehead atoms. The van der Waals surface area contributed by atoms with Crippen molar-refractivity contribution in [3.63, 3.8) is 0 Å². The molecule has 1 fully saturated rings. The number of anilines is 1. The van der Waals surface area contributed by atoms with Gasteiger partial charge in [-0.15, -0.1) is 0 Å². The van der Waals surface area contributed by atoms with Crippen LogP contribution >= 0.6 is 11.8 Å². The molecule has 1 saturated carbocycles. The lowest BCUT2D eigenvalue weighted by Gasteiger charge is -2.29. The molecular weight excluding hydrogens is 446 g/mol. The highest BCUT2D eigenvalue weighted by atomic mass is 32.2. The minimum atomic E-state index is 0.0846. The highest BCUT2D eigenvalue weighted by Crippen LogP contribution is 2.45. The first-order chi connectivity index (χ1) is 16.8. The highest BCUT2D eigenvalue weighted by Gasteiger charge is 2.34. The van der Waals surface area contributed by atoms with Crippen LogP contribution in [0.4, 0.5) is 5.69 Å². The monoisotopic (exact) mass is 469 g/mol. The Bertz CT molecular complexity index is 1330. The first-order valence-electron chi connectivity index (χ1n) is 11.5. The van der Waals surface area contributed by atoms with Crippen LogP contribution in [0.2, 0.25) is 0 Å². The molecule has 1 amide bonds. The fourth-order valence-corrected chi connectivity index (χ4v) is 5.75. The van der Waals surface area contributed by atoms with E-state index in [1.807, 2.05) is 71.6 Å². The van der Waals surface area contributed by atoms with Crippen molar-refractivity contribution in [1.29, 1.82) is 0 Å². The summed E-state index contributed by atoms with van der Waals surface area (Å²) in [7, 11) is 0. The van der Waals surface area contributed by atoms with E-state index in [4.69, 9.17) is 9.26 Å². The molecule has 34 heavy (non-hydrogen) atoms. The Labute approximate surface area is 201 Å². The number of hydrogen-bond donors (Lipinski definition) is 0. The van der Waals surface area contributed by atoms with Gasteiger partial charge in [-0.3, -0.25) is 4.79 Å². The van der Waals surface area contributed by atoms with E-state index in [1.54, 1.807) is 11.8 Å². The predicted octanol–water partition coefficient (Wildman–Crippen LogP) is 6.37. The molecule has 0 radical (unpaired) electrons. The number of benzene rings is 3. The zero-order valence-electron chi connectivity index (χ0n) is 18.5. The molecule has 6 nitrogen and oxygen atoms in total. The SMILES string of the molecule is O=C1c2ccccc2Sc2cc(-c3noc(COc4ccccc4)n3)ccc2N1C1CCCC1. The average Bonchev–Trinajstić information content (AvgIpc) is 3.55. The van der Waals surface area contributed by atoms with E-state index in [2.05, 4.69) is 16.2 Å². The first kappa shape index (κ1) is 21.0. The number of fused-ring (bicyclic) bond motifs is 2. The number of para-hydroxylation sites is 1. The van der Waals surface area contributed by atoms with Gasteiger partial charge in [-0.25, -0.2) is 0 Å². The van der Waals surface area contributed by atoms with Crippen LogP contribution in [-0.2, 0) is 6.61 Å². The Morgan fingerprint density at radius 2 is 1.76 bits per heavy atom. The Balaban J connectivity index is 1.32. The van der Waals surface area contributed by atoms with Crippen molar-refractivity contribution in [2.45, 2.75) is 48.1 Å². The van der Waals surface area contributed by atoms with E-state index in [0.717, 1.165) is 58.0 Å². The van der Waals surface area contributed by atoms with Gasteiger partial charge in [-0.2, -0.15) is 4.98 Å². The van der Waals surface area contributed by atoms with Gasteiger partial charge in [0.05, 0.1) is 11.3 Å². The van der Waals surface area contributed by atoms with Gasteiger partial charge in [0, 0.05) is 21.4 Å². The van der Waals surface area contributed by atoms with Crippen LogP contribution in [0.5, 0.6) is 5.75 Å². The summed E-state index contributed by atoms with van der Waals surface area (Å²) >= 11 is 1.62. The molecule has 1 aliphatic carbocycles.